The summed E-state index contributed by atoms with van der Waals surface area (Å²) in [6, 6.07) is 0. The Morgan fingerprint density at radius 2 is 1.83 bits per heavy atom. The predicted molar refractivity (Wildman–Crippen MR) is 57.1 cm³/mol. The summed E-state index contributed by atoms with van der Waals surface area (Å²) in [4.78, 5) is 0. The van der Waals surface area contributed by atoms with Crippen molar-refractivity contribution in [3.63, 3.8) is 0 Å². The Kier molecular flexibility index (Phi) is 5.61. The van der Waals surface area contributed by atoms with Gasteiger partial charge in [0.15, 0.2) is 0 Å². The zero-order valence-electron chi connectivity index (χ0n) is 9.32. The summed E-state index contributed by atoms with van der Waals surface area (Å²) in [7, 11) is 0. The molecule has 0 nitrogen and oxygen atoms in total. The Labute approximate surface area is 78.8 Å². The minimum atomic E-state index is 0.438. The summed E-state index contributed by atoms with van der Waals surface area (Å²) in [5, 5.41) is 0. The lowest BCUT2D eigenvalue weighted by atomic mass is 9.75. The molecule has 0 heterocycles. The lowest BCUT2D eigenvalue weighted by molar-refractivity contribution is 0.215. The highest BCUT2D eigenvalue weighted by Gasteiger charge is 2.22. The lowest BCUT2D eigenvalue weighted by Crippen LogP contribution is -2.20. The normalized spacial score (nSPS) is 14.8. The van der Waals surface area contributed by atoms with E-state index < -0.39 is 0 Å². The number of unbranched alkanes of at least 4 members (excludes halogenated alkanes) is 2. The molecule has 0 N–H and O–H groups in total. The molecule has 1 radical (unpaired) electrons. The van der Waals surface area contributed by atoms with Gasteiger partial charge >= 0.3 is 0 Å². The van der Waals surface area contributed by atoms with Crippen molar-refractivity contribution in [2.45, 2.75) is 59.8 Å². The molecule has 0 amide bonds. The van der Waals surface area contributed by atoms with Gasteiger partial charge in [-0.1, -0.05) is 60.3 Å². The van der Waals surface area contributed by atoms with E-state index in [1.807, 2.05) is 0 Å². The van der Waals surface area contributed by atoms with E-state index in [9.17, 15) is 0 Å². The second kappa shape index (κ2) is 5.61. The van der Waals surface area contributed by atoms with Gasteiger partial charge in [0.2, 0.25) is 0 Å². The standard InChI is InChI=1S/C12H25/c1-6-8-9-10-11(3)12(4,5)7-2/h11H,2,6-10H2,1,3-5H3. The highest BCUT2D eigenvalue weighted by atomic mass is 14.3. The van der Waals surface area contributed by atoms with Crippen molar-refractivity contribution in [1.82, 2.24) is 0 Å². The monoisotopic (exact) mass is 169 g/mol. The van der Waals surface area contributed by atoms with Gasteiger partial charge in [-0.05, 0) is 17.8 Å². The van der Waals surface area contributed by atoms with Crippen LogP contribution >= 0.6 is 0 Å². The third kappa shape index (κ3) is 4.13. The molecule has 0 aromatic heterocycles. The zero-order valence-corrected chi connectivity index (χ0v) is 9.32. The molecular formula is C12H25. The summed E-state index contributed by atoms with van der Waals surface area (Å²) in [6.45, 7) is 13.3. The van der Waals surface area contributed by atoms with Gasteiger partial charge in [0, 0.05) is 0 Å². The molecule has 73 valence electrons. The van der Waals surface area contributed by atoms with Crippen LogP contribution in [0.25, 0.3) is 0 Å². The van der Waals surface area contributed by atoms with Crippen LogP contribution in [0.4, 0.5) is 0 Å². The average molecular weight is 169 g/mol. The Morgan fingerprint density at radius 1 is 1.25 bits per heavy atom. The lowest BCUT2D eigenvalue weighted by Gasteiger charge is -2.30. The fourth-order valence-corrected chi connectivity index (χ4v) is 1.34. The maximum atomic E-state index is 4.01. The second-order valence-corrected chi connectivity index (χ2v) is 4.64. The van der Waals surface area contributed by atoms with Crippen molar-refractivity contribution < 1.29 is 0 Å². The minimum absolute atomic E-state index is 0.438. The SMILES string of the molecule is [CH2]CC(C)(C)C(C)CCCCC. The molecule has 0 rings (SSSR count). The predicted octanol–water partition coefficient (Wildman–Crippen LogP) is 4.45. The molecule has 0 bridgehead atoms. The topological polar surface area (TPSA) is 0 Å². The molecule has 0 spiro atoms. The van der Waals surface area contributed by atoms with Gasteiger partial charge in [-0.15, -0.1) is 0 Å². The Balaban J connectivity index is 3.63. The zero-order chi connectivity index (χ0) is 9.61. The van der Waals surface area contributed by atoms with Gasteiger partial charge in [-0.2, -0.15) is 0 Å². The van der Waals surface area contributed by atoms with E-state index in [0.29, 0.717) is 5.41 Å². The van der Waals surface area contributed by atoms with Gasteiger partial charge in [-0.3, -0.25) is 0 Å². The van der Waals surface area contributed by atoms with E-state index in [0.717, 1.165) is 12.3 Å². The van der Waals surface area contributed by atoms with E-state index >= 15 is 0 Å². The first-order valence-electron chi connectivity index (χ1n) is 5.33. The van der Waals surface area contributed by atoms with Gasteiger partial charge in [-0.25, -0.2) is 0 Å². The van der Waals surface area contributed by atoms with Crippen molar-refractivity contribution in [2.75, 3.05) is 0 Å². The van der Waals surface area contributed by atoms with Crippen LogP contribution in [0.1, 0.15) is 59.8 Å². The van der Waals surface area contributed by atoms with Crippen molar-refractivity contribution in [1.29, 1.82) is 0 Å². The van der Waals surface area contributed by atoms with Crippen LogP contribution in [0.15, 0.2) is 0 Å². The van der Waals surface area contributed by atoms with E-state index in [-0.39, 0.29) is 0 Å². The van der Waals surface area contributed by atoms with Crippen LogP contribution in [-0.4, -0.2) is 0 Å². The second-order valence-electron chi connectivity index (χ2n) is 4.64. The molecule has 0 saturated carbocycles. The molecule has 0 aliphatic carbocycles. The minimum Gasteiger partial charge on any atom is -0.0654 e. The molecule has 0 aliphatic heterocycles. The van der Waals surface area contributed by atoms with Crippen LogP contribution in [0.5, 0.6) is 0 Å². The van der Waals surface area contributed by atoms with Gasteiger partial charge in [0.05, 0.1) is 0 Å². The molecule has 1 atom stereocenters. The van der Waals surface area contributed by atoms with Crippen molar-refractivity contribution in [3.05, 3.63) is 6.92 Å². The van der Waals surface area contributed by atoms with Crippen LogP contribution in [0.3, 0.4) is 0 Å². The van der Waals surface area contributed by atoms with Crippen LogP contribution in [0, 0.1) is 18.3 Å². The van der Waals surface area contributed by atoms with Gasteiger partial charge < -0.3 is 0 Å². The van der Waals surface area contributed by atoms with E-state index in [4.69, 9.17) is 0 Å². The molecule has 0 aromatic carbocycles. The highest BCUT2D eigenvalue weighted by molar-refractivity contribution is 4.75. The van der Waals surface area contributed by atoms with Crippen LogP contribution in [-0.2, 0) is 0 Å². The summed E-state index contributed by atoms with van der Waals surface area (Å²) in [5.41, 5.74) is 0.438. The van der Waals surface area contributed by atoms with Crippen molar-refractivity contribution in [3.8, 4) is 0 Å². The maximum absolute atomic E-state index is 4.01. The third-order valence-corrected chi connectivity index (χ3v) is 3.22. The quantitative estimate of drug-likeness (QED) is 0.515. The van der Waals surface area contributed by atoms with E-state index in [1.54, 1.807) is 0 Å². The molecule has 0 aromatic rings. The molecule has 0 heteroatoms. The fraction of sp³-hybridized carbons (Fsp3) is 0.917. The van der Waals surface area contributed by atoms with Gasteiger partial charge in [0.25, 0.3) is 0 Å². The fourth-order valence-electron chi connectivity index (χ4n) is 1.34. The first kappa shape index (κ1) is 12.0. The molecule has 12 heavy (non-hydrogen) atoms. The Morgan fingerprint density at radius 3 is 2.25 bits per heavy atom. The molecule has 0 aliphatic rings. The summed E-state index contributed by atoms with van der Waals surface area (Å²) in [5.74, 6) is 0.821. The number of rotatable bonds is 6. The Hall–Kier alpha value is 0. The van der Waals surface area contributed by atoms with Crippen LogP contribution in [0.2, 0.25) is 0 Å². The average Bonchev–Trinajstić information content (AvgIpc) is 2.05. The number of hydrogen-bond acceptors (Lipinski definition) is 0. The first-order chi connectivity index (χ1) is 5.54. The largest absolute Gasteiger partial charge is 0.0654 e. The summed E-state index contributed by atoms with van der Waals surface area (Å²) < 4.78 is 0. The van der Waals surface area contributed by atoms with Crippen LogP contribution < -0.4 is 0 Å². The highest BCUT2D eigenvalue weighted by Crippen LogP contribution is 2.33. The smallest absolute Gasteiger partial charge is 0.0329 e. The van der Waals surface area contributed by atoms with E-state index in [1.165, 1.54) is 25.7 Å². The van der Waals surface area contributed by atoms with E-state index in [2.05, 4.69) is 34.6 Å². The molecule has 1 unspecified atom stereocenters. The summed E-state index contributed by atoms with van der Waals surface area (Å²) >= 11 is 0. The first-order valence-corrected chi connectivity index (χ1v) is 5.33. The van der Waals surface area contributed by atoms with Gasteiger partial charge in [0.1, 0.15) is 0 Å². The number of hydrogen-bond donors (Lipinski definition) is 0. The summed E-state index contributed by atoms with van der Waals surface area (Å²) in [6.07, 6.45) is 6.53. The third-order valence-electron chi connectivity index (χ3n) is 3.22. The maximum Gasteiger partial charge on any atom is -0.0329 e. The molecule has 0 saturated heterocycles. The molecule has 0 fully saturated rings. The molecular weight excluding hydrogens is 144 g/mol. The van der Waals surface area contributed by atoms with Crippen molar-refractivity contribution in [2.24, 2.45) is 11.3 Å². The van der Waals surface area contributed by atoms with Crippen molar-refractivity contribution >= 4 is 0 Å². The Bertz CT molecular complexity index is 103.